The second-order valence-corrected chi connectivity index (χ2v) is 6.14. The van der Waals surface area contributed by atoms with Gasteiger partial charge in [-0.2, -0.15) is 0 Å². The van der Waals surface area contributed by atoms with Crippen LogP contribution in [0.15, 0.2) is 24.3 Å². The molecule has 0 bridgehead atoms. The van der Waals surface area contributed by atoms with Gasteiger partial charge in [0.2, 0.25) is 0 Å². The number of rotatable bonds is 1. The van der Waals surface area contributed by atoms with E-state index in [2.05, 4.69) is 24.9 Å². The van der Waals surface area contributed by atoms with Crippen molar-refractivity contribution in [2.75, 3.05) is 0 Å². The third-order valence-corrected chi connectivity index (χ3v) is 3.16. The number of aromatic nitrogens is 1. The van der Waals surface area contributed by atoms with Gasteiger partial charge in [-0.15, -0.1) is 0 Å². The molecule has 0 spiro atoms. The molecule has 0 N–H and O–H groups in total. The molecule has 0 saturated carbocycles. The Morgan fingerprint density at radius 1 is 1.17 bits per heavy atom. The van der Waals surface area contributed by atoms with Crippen LogP contribution in [-0.4, -0.2) is 4.98 Å². The predicted molar refractivity (Wildman–Crippen MR) is 74.5 cm³/mol. The van der Waals surface area contributed by atoms with Crippen LogP contribution in [0.3, 0.4) is 0 Å². The Kier molecular flexibility index (Phi) is 3.14. The molecule has 2 aromatic rings. The number of benzene rings is 1. The molecule has 1 aromatic heterocycles. The maximum atomic E-state index is 14.1. The van der Waals surface area contributed by atoms with Crippen LogP contribution in [0.2, 0.25) is 0 Å². The van der Waals surface area contributed by atoms with Gasteiger partial charge < -0.3 is 0 Å². The van der Waals surface area contributed by atoms with Crippen LogP contribution >= 0.6 is 0 Å². The highest BCUT2D eigenvalue weighted by molar-refractivity contribution is 5.82. The van der Waals surface area contributed by atoms with Gasteiger partial charge in [-0.25, -0.2) is 9.37 Å². The van der Waals surface area contributed by atoms with Gasteiger partial charge in [-0.05, 0) is 17.5 Å². The standard InChI is InChI=1S/C16H20FN/c1-10(2)12-8-6-7-11-9-13(17)15(16(3,4)5)18-14(11)12/h6-10H,1-5H3. The molecule has 0 fully saturated rings. The quantitative estimate of drug-likeness (QED) is 0.703. The zero-order valence-corrected chi connectivity index (χ0v) is 11.7. The molecule has 1 heterocycles. The summed E-state index contributed by atoms with van der Waals surface area (Å²) < 4.78 is 14.1. The summed E-state index contributed by atoms with van der Waals surface area (Å²) in [4.78, 5) is 4.59. The van der Waals surface area contributed by atoms with E-state index in [0.717, 1.165) is 10.9 Å². The maximum Gasteiger partial charge on any atom is 0.145 e. The van der Waals surface area contributed by atoms with Crippen molar-refractivity contribution in [1.29, 1.82) is 0 Å². The number of pyridine rings is 1. The molecule has 0 atom stereocenters. The van der Waals surface area contributed by atoms with Crippen molar-refractivity contribution < 1.29 is 4.39 Å². The zero-order valence-electron chi connectivity index (χ0n) is 11.7. The monoisotopic (exact) mass is 245 g/mol. The first-order chi connectivity index (χ1) is 8.30. The second-order valence-electron chi connectivity index (χ2n) is 6.14. The third kappa shape index (κ3) is 2.24. The first-order valence-corrected chi connectivity index (χ1v) is 6.40. The van der Waals surface area contributed by atoms with Crippen LogP contribution in [0.25, 0.3) is 10.9 Å². The Morgan fingerprint density at radius 3 is 2.39 bits per heavy atom. The van der Waals surface area contributed by atoms with E-state index in [-0.39, 0.29) is 11.2 Å². The average Bonchev–Trinajstić information content (AvgIpc) is 2.25. The number of nitrogens with zero attached hydrogens (tertiary/aromatic N) is 1. The van der Waals surface area contributed by atoms with E-state index in [4.69, 9.17) is 0 Å². The van der Waals surface area contributed by atoms with E-state index in [1.807, 2.05) is 32.9 Å². The van der Waals surface area contributed by atoms with Crippen molar-refractivity contribution in [3.63, 3.8) is 0 Å². The summed E-state index contributed by atoms with van der Waals surface area (Å²) in [6.07, 6.45) is 0. The van der Waals surface area contributed by atoms with Gasteiger partial charge in [0.05, 0.1) is 11.2 Å². The smallest absolute Gasteiger partial charge is 0.145 e. The van der Waals surface area contributed by atoms with E-state index in [9.17, 15) is 4.39 Å². The molecule has 96 valence electrons. The Balaban J connectivity index is 2.79. The Hall–Kier alpha value is -1.44. The lowest BCUT2D eigenvalue weighted by molar-refractivity contribution is 0.506. The van der Waals surface area contributed by atoms with Crippen molar-refractivity contribution in [2.45, 2.75) is 46.0 Å². The molecule has 2 rings (SSSR count). The number of hydrogen-bond donors (Lipinski definition) is 0. The highest BCUT2D eigenvalue weighted by Crippen LogP contribution is 2.29. The highest BCUT2D eigenvalue weighted by atomic mass is 19.1. The fourth-order valence-corrected chi connectivity index (χ4v) is 2.19. The molecule has 0 aliphatic rings. The van der Waals surface area contributed by atoms with Crippen LogP contribution < -0.4 is 0 Å². The SMILES string of the molecule is CC(C)c1cccc2cc(F)c(C(C)(C)C)nc12. The van der Waals surface area contributed by atoms with Gasteiger partial charge >= 0.3 is 0 Å². The topological polar surface area (TPSA) is 12.9 Å². The number of halogens is 1. The van der Waals surface area contributed by atoms with Crippen molar-refractivity contribution in [2.24, 2.45) is 0 Å². The van der Waals surface area contributed by atoms with Gasteiger partial charge in [-0.1, -0.05) is 52.8 Å². The van der Waals surface area contributed by atoms with Crippen LogP contribution in [-0.2, 0) is 5.41 Å². The molecule has 1 aromatic carbocycles. The van der Waals surface area contributed by atoms with Crippen LogP contribution in [0.4, 0.5) is 4.39 Å². The summed E-state index contributed by atoms with van der Waals surface area (Å²) in [5, 5.41) is 0.881. The van der Waals surface area contributed by atoms with Gasteiger partial charge in [0.25, 0.3) is 0 Å². The minimum Gasteiger partial charge on any atom is -0.249 e. The molecule has 18 heavy (non-hydrogen) atoms. The highest BCUT2D eigenvalue weighted by Gasteiger charge is 2.21. The fourth-order valence-electron chi connectivity index (χ4n) is 2.19. The molecule has 2 heteroatoms. The van der Waals surface area contributed by atoms with Crippen LogP contribution in [0.5, 0.6) is 0 Å². The lowest BCUT2D eigenvalue weighted by atomic mass is 9.90. The summed E-state index contributed by atoms with van der Waals surface area (Å²) in [6, 6.07) is 7.57. The number of hydrogen-bond acceptors (Lipinski definition) is 1. The lowest BCUT2D eigenvalue weighted by Gasteiger charge is -2.20. The Morgan fingerprint density at radius 2 is 1.83 bits per heavy atom. The van der Waals surface area contributed by atoms with Gasteiger partial charge in [0, 0.05) is 10.8 Å². The fraction of sp³-hybridized carbons (Fsp3) is 0.438. The molecule has 0 unspecified atom stereocenters. The maximum absolute atomic E-state index is 14.1. The van der Waals surface area contributed by atoms with Crippen molar-refractivity contribution in [3.05, 3.63) is 41.3 Å². The van der Waals surface area contributed by atoms with E-state index < -0.39 is 0 Å². The number of fused-ring (bicyclic) bond motifs is 1. The van der Waals surface area contributed by atoms with Crippen molar-refractivity contribution in [1.82, 2.24) is 4.98 Å². The van der Waals surface area contributed by atoms with Gasteiger partial charge in [0.15, 0.2) is 0 Å². The van der Waals surface area contributed by atoms with Crippen molar-refractivity contribution in [3.8, 4) is 0 Å². The summed E-state index contributed by atoms with van der Waals surface area (Å²) >= 11 is 0. The minimum atomic E-state index is -0.275. The summed E-state index contributed by atoms with van der Waals surface area (Å²) in [6.45, 7) is 10.2. The first-order valence-electron chi connectivity index (χ1n) is 6.40. The average molecular weight is 245 g/mol. The Labute approximate surface area is 108 Å². The van der Waals surface area contributed by atoms with E-state index >= 15 is 0 Å². The molecule has 0 saturated heterocycles. The molecule has 1 nitrogen and oxygen atoms in total. The van der Waals surface area contributed by atoms with Gasteiger partial charge in [0.1, 0.15) is 5.82 Å². The normalized spacial score (nSPS) is 12.4. The largest absolute Gasteiger partial charge is 0.249 e. The first kappa shape index (κ1) is 13.0. The lowest BCUT2D eigenvalue weighted by Crippen LogP contribution is -2.16. The summed E-state index contributed by atoms with van der Waals surface area (Å²) in [7, 11) is 0. The summed E-state index contributed by atoms with van der Waals surface area (Å²) in [5.74, 6) is 0.176. The predicted octanol–water partition coefficient (Wildman–Crippen LogP) is 4.79. The van der Waals surface area contributed by atoms with E-state index in [0.29, 0.717) is 11.6 Å². The minimum absolute atomic E-state index is 0.212. The van der Waals surface area contributed by atoms with Gasteiger partial charge in [-0.3, -0.25) is 0 Å². The molecular weight excluding hydrogens is 225 g/mol. The third-order valence-electron chi connectivity index (χ3n) is 3.16. The zero-order chi connectivity index (χ0) is 13.5. The Bertz CT molecular complexity index is 579. The van der Waals surface area contributed by atoms with Crippen molar-refractivity contribution >= 4 is 10.9 Å². The van der Waals surface area contributed by atoms with Crippen LogP contribution in [0, 0.1) is 5.82 Å². The second kappa shape index (κ2) is 4.34. The molecule has 0 aliphatic heterocycles. The summed E-state index contributed by atoms with van der Waals surface area (Å²) in [5.41, 5.74) is 2.38. The number of para-hydroxylation sites is 1. The van der Waals surface area contributed by atoms with E-state index in [1.165, 1.54) is 5.56 Å². The molecule has 0 radical (unpaired) electrons. The molecule has 0 aliphatic carbocycles. The molecular formula is C16H20FN. The van der Waals surface area contributed by atoms with E-state index in [1.54, 1.807) is 6.07 Å². The molecule has 0 amide bonds. The van der Waals surface area contributed by atoms with Crippen LogP contribution in [0.1, 0.15) is 51.8 Å².